The van der Waals surface area contributed by atoms with Gasteiger partial charge >= 0.3 is 0 Å². The maximum absolute atomic E-state index is 12.6. The molecule has 0 radical (unpaired) electrons. The summed E-state index contributed by atoms with van der Waals surface area (Å²) in [6, 6.07) is 7.94. The van der Waals surface area contributed by atoms with Gasteiger partial charge in [-0.3, -0.25) is 4.79 Å². The number of ether oxygens (including phenoxy) is 1. The lowest BCUT2D eigenvalue weighted by Gasteiger charge is -2.37. The summed E-state index contributed by atoms with van der Waals surface area (Å²) in [5, 5.41) is 20.8. The fourth-order valence-corrected chi connectivity index (χ4v) is 3.66. The fourth-order valence-electron chi connectivity index (χ4n) is 3.66. The van der Waals surface area contributed by atoms with Crippen molar-refractivity contribution >= 4 is 18.3 Å². The molecule has 1 aliphatic heterocycles. The van der Waals surface area contributed by atoms with Gasteiger partial charge in [0, 0.05) is 19.1 Å². The Hall–Kier alpha value is -2.09. The van der Waals surface area contributed by atoms with Crippen LogP contribution in [0.2, 0.25) is 0 Å². The van der Waals surface area contributed by atoms with Gasteiger partial charge in [0.05, 0.1) is 18.5 Å². The molecule has 8 heteroatoms. The van der Waals surface area contributed by atoms with Gasteiger partial charge in [0.25, 0.3) is 5.91 Å². The van der Waals surface area contributed by atoms with Gasteiger partial charge in [-0.1, -0.05) is 26.0 Å². The number of piperidine rings is 1. The van der Waals surface area contributed by atoms with Crippen molar-refractivity contribution in [2.24, 2.45) is 5.41 Å². The van der Waals surface area contributed by atoms with E-state index in [4.69, 9.17) is 4.74 Å². The lowest BCUT2D eigenvalue weighted by atomic mass is 9.79. The second-order valence-corrected chi connectivity index (χ2v) is 7.92. The summed E-state index contributed by atoms with van der Waals surface area (Å²) < 4.78 is 6.92. The number of rotatable bonds is 7. The maximum Gasteiger partial charge on any atom is 0.275 e. The first-order chi connectivity index (χ1) is 13.4. The number of methoxy groups -OCH3 is 1. The first kappa shape index (κ1) is 23.2. The minimum atomic E-state index is -0.371. The van der Waals surface area contributed by atoms with E-state index in [9.17, 15) is 9.90 Å². The summed E-state index contributed by atoms with van der Waals surface area (Å²) in [5.41, 5.74) is 1.98. The van der Waals surface area contributed by atoms with Gasteiger partial charge in [-0.05, 0) is 49.5 Å². The van der Waals surface area contributed by atoms with Crippen molar-refractivity contribution in [3.05, 3.63) is 41.7 Å². The average molecular weight is 423 g/mol. The number of hydrogen-bond acceptors (Lipinski definition) is 5. The third-order valence-corrected chi connectivity index (χ3v) is 5.47. The monoisotopic (exact) mass is 422 g/mol. The molecule has 0 atom stereocenters. The molecule has 3 N–H and O–H groups in total. The SMILES string of the molecule is COCC1(CNC(=O)c2nn(-c3ccc(C(C)C)cc3)cc2O)CCNCC1.Cl. The van der Waals surface area contributed by atoms with Crippen molar-refractivity contribution in [2.45, 2.75) is 32.6 Å². The van der Waals surface area contributed by atoms with Crippen LogP contribution in [0.3, 0.4) is 0 Å². The Bertz CT molecular complexity index is 793. The summed E-state index contributed by atoms with van der Waals surface area (Å²) in [7, 11) is 1.68. The Balaban J connectivity index is 0.00000300. The maximum atomic E-state index is 12.6. The summed E-state index contributed by atoms with van der Waals surface area (Å²) >= 11 is 0. The van der Waals surface area contributed by atoms with Crippen LogP contribution in [0.5, 0.6) is 5.75 Å². The van der Waals surface area contributed by atoms with E-state index in [0.29, 0.717) is 19.1 Å². The van der Waals surface area contributed by atoms with Gasteiger partial charge < -0.3 is 20.5 Å². The van der Waals surface area contributed by atoms with E-state index >= 15 is 0 Å². The number of benzene rings is 1. The van der Waals surface area contributed by atoms with Gasteiger partial charge in [0.2, 0.25) is 0 Å². The highest BCUT2D eigenvalue weighted by Crippen LogP contribution is 2.28. The van der Waals surface area contributed by atoms with Gasteiger partial charge in [-0.25, -0.2) is 4.68 Å². The highest BCUT2D eigenvalue weighted by atomic mass is 35.5. The van der Waals surface area contributed by atoms with Crippen LogP contribution in [0.25, 0.3) is 5.69 Å². The van der Waals surface area contributed by atoms with Crippen LogP contribution in [0.4, 0.5) is 0 Å². The van der Waals surface area contributed by atoms with Crippen LogP contribution in [0.15, 0.2) is 30.5 Å². The molecule has 1 aromatic heterocycles. The predicted molar refractivity (Wildman–Crippen MR) is 115 cm³/mol. The molecule has 29 heavy (non-hydrogen) atoms. The molecule has 0 saturated carbocycles. The molecule has 1 aromatic carbocycles. The normalized spacial score (nSPS) is 15.7. The summed E-state index contributed by atoms with van der Waals surface area (Å²) in [6.07, 6.45) is 3.34. The zero-order chi connectivity index (χ0) is 20.1. The van der Waals surface area contributed by atoms with Crippen LogP contribution in [-0.2, 0) is 4.74 Å². The number of amides is 1. The topological polar surface area (TPSA) is 88.4 Å². The first-order valence-corrected chi connectivity index (χ1v) is 9.81. The van der Waals surface area contributed by atoms with E-state index < -0.39 is 0 Å². The first-order valence-electron chi connectivity index (χ1n) is 9.81. The van der Waals surface area contributed by atoms with Gasteiger partial charge in [0.1, 0.15) is 0 Å². The van der Waals surface area contributed by atoms with Crippen LogP contribution in [0.1, 0.15) is 48.7 Å². The van der Waals surface area contributed by atoms with Crippen molar-refractivity contribution in [1.82, 2.24) is 20.4 Å². The Morgan fingerprint density at radius 1 is 1.31 bits per heavy atom. The summed E-state index contributed by atoms with van der Waals surface area (Å²) in [5.74, 6) is -0.0589. The highest BCUT2D eigenvalue weighted by molar-refractivity contribution is 5.94. The molecule has 1 aliphatic rings. The number of carbonyl (C=O) groups excluding carboxylic acids is 1. The largest absolute Gasteiger partial charge is 0.504 e. The molecule has 0 bridgehead atoms. The van der Waals surface area contributed by atoms with E-state index in [0.717, 1.165) is 31.6 Å². The van der Waals surface area contributed by atoms with Crippen LogP contribution in [0, 0.1) is 5.41 Å². The molecule has 3 rings (SSSR count). The number of aromatic hydroxyl groups is 1. The molecule has 1 fully saturated rings. The number of hydrogen-bond donors (Lipinski definition) is 3. The molecular formula is C21H31ClN4O3. The van der Waals surface area contributed by atoms with E-state index in [-0.39, 0.29) is 35.2 Å². The number of carbonyl (C=O) groups is 1. The quantitative estimate of drug-likeness (QED) is 0.638. The fraction of sp³-hybridized carbons (Fsp3) is 0.524. The smallest absolute Gasteiger partial charge is 0.275 e. The van der Waals surface area contributed by atoms with E-state index in [1.54, 1.807) is 7.11 Å². The third kappa shape index (κ3) is 5.50. The standard InChI is InChI=1S/C21H30N4O3.ClH/c1-15(2)16-4-6-17(7-5-16)25-12-18(26)19(24-25)20(27)23-13-21(14-28-3)8-10-22-11-9-21;/h4-7,12,15,22,26H,8-11,13-14H2,1-3H3,(H,23,27);1H. The molecular weight excluding hydrogens is 392 g/mol. The van der Waals surface area contributed by atoms with Crippen molar-refractivity contribution in [3.8, 4) is 11.4 Å². The Kier molecular flexibility index (Phi) is 8.07. The molecule has 0 aliphatic carbocycles. The number of aromatic nitrogens is 2. The van der Waals surface area contributed by atoms with Gasteiger partial charge in [0.15, 0.2) is 11.4 Å². The minimum Gasteiger partial charge on any atom is -0.504 e. The molecule has 1 saturated heterocycles. The van der Waals surface area contributed by atoms with Crippen LogP contribution in [-0.4, -0.2) is 54.1 Å². The lowest BCUT2D eigenvalue weighted by molar-refractivity contribution is 0.0510. The molecule has 7 nitrogen and oxygen atoms in total. The molecule has 2 aromatic rings. The second kappa shape index (κ2) is 10.1. The predicted octanol–water partition coefficient (Wildman–Crippen LogP) is 2.87. The Labute approximate surface area is 178 Å². The number of nitrogens with zero attached hydrogens (tertiary/aromatic N) is 2. The van der Waals surface area contributed by atoms with Gasteiger partial charge in [-0.15, -0.1) is 12.4 Å². The van der Waals surface area contributed by atoms with Crippen LogP contribution >= 0.6 is 12.4 Å². The Morgan fingerprint density at radius 3 is 2.55 bits per heavy atom. The number of nitrogens with one attached hydrogen (secondary N) is 2. The molecule has 160 valence electrons. The van der Waals surface area contributed by atoms with Crippen molar-refractivity contribution in [3.63, 3.8) is 0 Å². The summed E-state index contributed by atoms with van der Waals surface area (Å²) in [6.45, 7) is 7.18. The molecule has 2 heterocycles. The molecule has 1 amide bonds. The second-order valence-electron chi connectivity index (χ2n) is 7.92. The van der Waals surface area contributed by atoms with E-state index in [2.05, 4.69) is 29.6 Å². The zero-order valence-electron chi connectivity index (χ0n) is 17.3. The minimum absolute atomic E-state index is 0. The third-order valence-electron chi connectivity index (χ3n) is 5.47. The lowest BCUT2D eigenvalue weighted by Crippen LogP contribution is -2.47. The van der Waals surface area contributed by atoms with Crippen molar-refractivity contribution in [1.29, 1.82) is 0 Å². The highest BCUT2D eigenvalue weighted by Gasteiger charge is 2.33. The Morgan fingerprint density at radius 2 is 1.97 bits per heavy atom. The van der Waals surface area contributed by atoms with E-state index in [1.807, 2.05) is 24.3 Å². The van der Waals surface area contributed by atoms with E-state index in [1.165, 1.54) is 16.4 Å². The zero-order valence-corrected chi connectivity index (χ0v) is 18.1. The van der Waals surface area contributed by atoms with Crippen LogP contribution < -0.4 is 10.6 Å². The average Bonchev–Trinajstić information content (AvgIpc) is 3.09. The molecule has 0 spiro atoms. The van der Waals surface area contributed by atoms with Crippen molar-refractivity contribution in [2.75, 3.05) is 33.4 Å². The number of halogens is 1. The van der Waals surface area contributed by atoms with Gasteiger partial charge in [-0.2, -0.15) is 5.10 Å². The van der Waals surface area contributed by atoms with Crippen molar-refractivity contribution < 1.29 is 14.6 Å². The molecule has 0 unspecified atom stereocenters. The summed E-state index contributed by atoms with van der Waals surface area (Å²) in [4.78, 5) is 12.6.